The van der Waals surface area contributed by atoms with Crippen LogP contribution in [0.3, 0.4) is 0 Å². The predicted octanol–water partition coefficient (Wildman–Crippen LogP) is 5.25. The van der Waals surface area contributed by atoms with Crippen LogP contribution in [0, 0.1) is 6.92 Å². The number of amides is 2. The number of carbonyl (C=O) groups is 2. The molecule has 152 valence electrons. The molecule has 0 aliphatic rings. The second kappa shape index (κ2) is 8.78. The van der Waals surface area contributed by atoms with Crippen molar-refractivity contribution >= 4 is 56.4 Å². The smallest absolute Gasteiger partial charge is 0.260 e. The summed E-state index contributed by atoms with van der Waals surface area (Å²) in [5, 5.41) is 10.7. The number of anilines is 2. The van der Waals surface area contributed by atoms with Crippen LogP contribution < -0.4 is 10.6 Å². The molecule has 3 heterocycles. The second-order valence-corrected chi connectivity index (χ2v) is 8.41. The number of furan rings is 1. The molecule has 0 spiro atoms. The first kappa shape index (κ1) is 20.3. The van der Waals surface area contributed by atoms with Crippen molar-refractivity contribution in [3.05, 3.63) is 69.4 Å². The highest BCUT2D eigenvalue weighted by atomic mass is 35.5. The summed E-state index contributed by atoms with van der Waals surface area (Å²) in [6.07, 6.45) is 1.53. The van der Waals surface area contributed by atoms with E-state index in [4.69, 9.17) is 16.0 Å². The van der Waals surface area contributed by atoms with Crippen molar-refractivity contribution in [3.63, 3.8) is 0 Å². The molecule has 3 aromatic heterocycles. The van der Waals surface area contributed by atoms with Gasteiger partial charge in [-0.15, -0.1) is 22.7 Å². The minimum atomic E-state index is -0.302. The van der Waals surface area contributed by atoms with Crippen LogP contribution in [0.1, 0.15) is 21.8 Å². The molecule has 2 N–H and O–H groups in total. The van der Waals surface area contributed by atoms with E-state index in [9.17, 15) is 9.59 Å². The van der Waals surface area contributed by atoms with Crippen LogP contribution in [0.2, 0.25) is 5.02 Å². The molecule has 0 aliphatic heterocycles. The number of rotatable bonds is 6. The normalized spacial score (nSPS) is 10.7. The Labute approximate surface area is 184 Å². The number of hydrogen-bond donors (Lipinski definition) is 2. The van der Waals surface area contributed by atoms with Gasteiger partial charge in [-0.05, 0) is 25.1 Å². The highest BCUT2D eigenvalue weighted by Crippen LogP contribution is 2.26. The molecule has 0 atom stereocenters. The van der Waals surface area contributed by atoms with Crippen LogP contribution in [0.4, 0.5) is 10.3 Å². The molecule has 0 fully saturated rings. The fourth-order valence-corrected chi connectivity index (χ4v) is 4.21. The summed E-state index contributed by atoms with van der Waals surface area (Å²) in [6.45, 7) is 1.71. The van der Waals surface area contributed by atoms with Crippen LogP contribution in [-0.2, 0) is 11.2 Å². The number of nitrogens with zero attached hydrogens (tertiary/aromatic N) is 2. The maximum Gasteiger partial charge on any atom is 0.260 e. The quantitative estimate of drug-likeness (QED) is 0.411. The summed E-state index contributed by atoms with van der Waals surface area (Å²) in [7, 11) is 0. The molecule has 7 nitrogen and oxygen atoms in total. The third kappa shape index (κ3) is 4.76. The Morgan fingerprint density at radius 1 is 1.03 bits per heavy atom. The molecule has 2 amide bonds. The fourth-order valence-electron chi connectivity index (χ4n) is 2.64. The van der Waals surface area contributed by atoms with E-state index in [1.165, 1.54) is 28.9 Å². The molecule has 4 rings (SSSR count). The lowest BCUT2D eigenvalue weighted by Gasteiger charge is -2.01. The van der Waals surface area contributed by atoms with Crippen LogP contribution in [0.25, 0.3) is 11.3 Å². The van der Waals surface area contributed by atoms with E-state index in [-0.39, 0.29) is 18.2 Å². The largest absolute Gasteiger partial charge is 0.469 e. The first-order chi connectivity index (χ1) is 14.5. The minimum absolute atomic E-state index is 0.0764. The van der Waals surface area contributed by atoms with Gasteiger partial charge in [0.25, 0.3) is 5.91 Å². The number of thiazole rings is 2. The first-order valence-electron chi connectivity index (χ1n) is 8.79. The lowest BCUT2D eigenvalue weighted by atomic mass is 10.2. The molecule has 4 aromatic rings. The van der Waals surface area contributed by atoms with Gasteiger partial charge < -0.3 is 9.73 Å². The number of benzene rings is 1. The fraction of sp³-hybridized carbons (Fsp3) is 0.100. The van der Waals surface area contributed by atoms with Gasteiger partial charge in [0.05, 0.1) is 29.6 Å². The summed E-state index contributed by atoms with van der Waals surface area (Å²) >= 11 is 8.50. The van der Waals surface area contributed by atoms with Gasteiger partial charge in [-0.3, -0.25) is 14.9 Å². The SMILES string of the molecule is Cc1occc1C(=O)Nc1nc(CC(=O)Nc2nc(-c3ccc(Cl)cc3)cs2)cs1. The van der Waals surface area contributed by atoms with Gasteiger partial charge in [-0.2, -0.15) is 0 Å². The van der Waals surface area contributed by atoms with Gasteiger partial charge >= 0.3 is 0 Å². The summed E-state index contributed by atoms with van der Waals surface area (Å²) in [5.41, 5.74) is 2.69. The molecule has 30 heavy (non-hydrogen) atoms. The summed E-state index contributed by atoms with van der Waals surface area (Å²) in [4.78, 5) is 33.3. The molecule has 0 bridgehead atoms. The molecule has 0 saturated carbocycles. The van der Waals surface area contributed by atoms with Crippen molar-refractivity contribution in [1.82, 2.24) is 9.97 Å². The van der Waals surface area contributed by atoms with E-state index in [2.05, 4.69) is 20.6 Å². The number of aryl methyl sites for hydroxylation is 1. The molecular formula is C20H15ClN4O3S2. The molecular weight excluding hydrogens is 444 g/mol. The summed E-state index contributed by atoms with van der Waals surface area (Å²) in [6, 6.07) is 8.93. The van der Waals surface area contributed by atoms with E-state index in [0.717, 1.165) is 11.3 Å². The van der Waals surface area contributed by atoms with E-state index in [0.29, 0.717) is 32.3 Å². The molecule has 10 heteroatoms. The van der Waals surface area contributed by atoms with Crippen LogP contribution in [0.15, 0.2) is 51.8 Å². The highest BCUT2D eigenvalue weighted by Gasteiger charge is 2.15. The topological polar surface area (TPSA) is 97.1 Å². The number of hydrogen-bond acceptors (Lipinski definition) is 7. The van der Waals surface area contributed by atoms with Gasteiger partial charge in [-0.1, -0.05) is 23.7 Å². The Morgan fingerprint density at radius 3 is 2.50 bits per heavy atom. The maximum atomic E-state index is 12.3. The molecule has 0 unspecified atom stereocenters. The zero-order valence-corrected chi connectivity index (χ0v) is 18.0. The molecule has 0 aliphatic carbocycles. The van der Waals surface area contributed by atoms with Crippen molar-refractivity contribution in [2.24, 2.45) is 0 Å². The summed E-state index contributed by atoms with van der Waals surface area (Å²) < 4.78 is 5.13. The molecule has 0 radical (unpaired) electrons. The van der Waals surface area contributed by atoms with Crippen molar-refractivity contribution in [2.75, 3.05) is 10.6 Å². The van der Waals surface area contributed by atoms with E-state index in [1.54, 1.807) is 30.5 Å². The standard InChI is InChI=1S/C20H15ClN4O3S2/c1-11-15(6-7-28-11)18(27)25-19-22-14(9-29-19)8-17(26)24-20-23-16(10-30-20)12-2-4-13(21)5-3-12/h2-7,9-10H,8H2,1H3,(H,22,25,27)(H,23,24,26). The van der Waals surface area contributed by atoms with Gasteiger partial charge in [0.15, 0.2) is 10.3 Å². The lowest BCUT2D eigenvalue weighted by molar-refractivity contribution is -0.115. The van der Waals surface area contributed by atoms with Crippen molar-refractivity contribution in [3.8, 4) is 11.3 Å². The summed E-state index contributed by atoms with van der Waals surface area (Å²) in [5.74, 6) is -0.00458. The maximum absolute atomic E-state index is 12.3. The Kier molecular flexibility index (Phi) is 5.93. The Hall–Kier alpha value is -3.01. The Morgan fingerprint density at radius 2 is 1.77 bits per heavy atom. The third-order valence-corrected chi connectivity index (χ3v) is 5.92. The van der Waals surface area contributed by atoms with Crippen molar-refractivity contribution in [1.29, 1.82) is 0 Å². The Bertz CT molecular complexity index is 1200. The third-order valence-electron chi connectivity index (χ3n) is 4.11. The van der Waals surface area contributed by atoms with Gasteiger partial charge in [0, 0.05) is 21.3 Å². The average molecular weight is 459 g/mol. The van der Waals surface area contributed by atoms with Crippen LogP contribution in [-0.4, -0.2) is 21.8 Å². The number of halogens is 1. The zero-order chi connectivity index (χ0) is 21.1. The number of nitrogens with one attached hydrogen (secondary N) is 2. The van der Waals surface area contributed by atoms with Crippen molar-refractivity contribution in [2.45, 2.75) is 13.3 Å². The highest BCUT2D eigenvalue weighted by molar-refractivity contribution is 7.14. The van der Waals surface area contributed by atoms with E-state index < -0.39 is 0 Å². The lowest BCUT2D eigenvalue weighted by Crippen LogP contribution is -2.15. The predicted molar refractivity (Wildman–Crippen MR) is 118 cm³/mol. The van der Waals surface area contributed by atoms with Gasteiger partial charge in [-0.25, -0.2) is 9.97 Å². The van der Waals surface area contributed by atoms with E-state index >= 15 is 0 Å². The monoisotopic (exact) mass is 458 g/mol. The zero-order valence-electron chi connectivity index (χ0n) is 15.6. The molecule has 1 aromatic carbocycles. The number of carbonyl (C=O) groups excluding carboxylic acids is 2. The minimum Gasteiger partial charge on any atom is -0.469 e. The first-order valence-corrected chi connectivity index (χ1v) is 10.9. The van der Waals surface area contributed by atoms with Crippen molar-refractivity contribution < 1.29 is 14.0 Å². The average Bonchev–Trinajstić information content (AvgIpc) is 3.44. The van der Waals surface area contributed by atoms with Crippen LogP contribution in [0.5, 0.6) is 0 Å². The van der Waals surface area contributed by atoms with Gasteiger partial charge in [0.1, 0.15) is 5.76 Å². The molecule has 0 saturated heterocycles. The van der Waals surface area contributed by atoms with Gasteiger partial charge in [0.2, 0.25) is 5.91 Å². The second-order valence-electron chi connectivity index (χ2n) is 6.26. The van der Waals surface area contributed by atoms with E-state index in [1.807, 2.05) is 17.5 Å². The number of aromatic nitrogens is 2. The van der Waals surface area contributed by atoms with Crippen LogP contribution >= 0.6 is 34.3 Å². The Balaban J connectivity index is 1.34.